The number of aryl methyl sites for hydroxylation is 1. The second-order valence-corrected chi connectivity index (χ2v) is 5.88. The minimum atomic E-state index is 0.404. The van der Waals surface area contributed by atoms with Gasteiger partial charge in [0.25, 0.3) is 0 Å². The van der Waals surface area contributed by atoms with Crippen LogP contribution in [-0.4, -0.2) is 0 Å². The highest BCUT2D eigenvalue weighted by atomic mass is 79.9. The molecule has 1 unspecified atom stereocenters. The molecule has 0 aliphatic heterocycles. The van der Waals surface area contributed by atoms with Gasteiger partial charge in [-0.3, -0.25) is 0 Å². The van der Waals surface area contributed by atoms with Crippen LogP contribution >= 0.6 is 27.3 Å². The Balaban J connectivity index is 1.96. The zero-order valence-electron chi connectivity index (χ0n) is 10.0. The van der Waals surface area contributed by atoms with E-state index in [0.29, 0.717) is 6.04 Å². The summed E-state index contributed by atoms with van der Waals surface area (Å²) in [4.78, 5) is 0. The first kappa shape index (κ1) is 12.8. The summed E-state index contributed by atoms with van der Waals surface area (Å²) in [7, 11) is 0. The Bertz CT molecular complexity index is 479. The Morgan fingerprint density at radius 1 is 1.35 bits per heavy atom. The molecule has 0 fully saturated rings. The molecule has 2 rings (SSSR count). The fraction of sp³-hybridized carbons (Fsp3) is 0.286. The van der Waals surface area contributed by atoms with Crippen molar-refractivity contribution in [3.05, 3.63) is 56.2 Å². The van der Waals surface area contributed by atoms with Gasteiger partial charge in [-0.2, -0.15) is 11.3 Å². The van der Waals surface area contributed by atoms with Crippen LogP contribution in [0.25, 0.3) is 0 Å². The molecule has 0 amide bonds. The average molecular weight is 310 g/mol. The molecular weight excluding hydrogens is 294 g/mol. The molecule has 0 bridgehead atoms. The fourth-order valence-electron chi connectivity index (χ4n) is 1.66. The Hall–Kier alpha value is -0.640. The van der Waals surface area contributed by atoms with Crippen molar-refractivity contribution < 1.29 is 0 Å². The summed E-state index contributed by atoms with van der Waals surface area (Å²) in [6.07, 6.45) is 0. The maximum absolute atomic E-state index is 3.57. The van der Waals surface area contributed by atoms with Crippen LogP contribution in [0.2, 0.25) is 0 Å². The third kappa shape index (κ3) is 3.41. The van der Waals surface area contributed by atoms with E-state index in [9.17, 15) is 0 Å². The standard InChI is InChI=1S/C14H16BrNS/c1-10-3-4-12(7-14(10)15)8-16-11(2)13-5-6-17-9-13/h3-7,9,11,16H,8H2,1-2H3. The largest absolute Gasteiger partial charge is 0.306 e. The highest BCUT2D eigenvalue weighted by Gasteiger charge is 2.05. The molecule has 1 aromatic heterocycles. The van der Waals surface area contributed by atoms with Crippen LogP contribution in [0.15, 0.2) is 39.5 Å². The van der Waals surface area contributed by atoms with Gasteiger partial charge in [-0.15, -0.1) is 0 Å². The van der Waals surface area contributed by atoms with Crippen molar-refractivity contribution in [1.29, 1.82) is 0 Å². The Kier molecular flexibility index (Phi) is 4.37. The SMILES string of the molecule is Cc1ccc(CNC(C)c2ccsc2)cc1Br. The minimum Gasteiger partial charge on any atom is -0.306 e. The summed E-state index contributed by atoms with van der Waals surface area (Å²) >= 11 is 5.31. The predicted octanol–water partition coefficient (Wildman–Crippen LogP) is 4.67. The molecule has 1 N–H and O–H groups in total. The maximum Gasteiger partial charge on any atom is 0.0303 e. The Morgan fingerprint density at radius 2 is 2.18 bits per heavy atom. The third-order valence-corrected chi connectivity index (χ3v) is 4.45. The molecule has 1 aromatic carbocycles. The van der Waals surface area contributed by atoms with E-state index < -0.39 is 0 Å². The topological polar surface area (TPSA) is 12.0 Å². The van der Waals surface area contributed by atoms with Gasteiger partial charge in [-0.05, 0) is 53.4 Å². The molecule has 0 radical (unpaired) electrons. The van der Waals surface area contributed by atoms with Crippen LogP contribution in [0.4, 0.5) is 0 Å². The van der Waals surface area contributed by atoms with Crippen LogP contribution in [-0.2, 0) is 6.54 Å². The Labute approximate surface area is 115 Å². The summed E-state index contributed by atoms with van der Waals surface area (Å²) in [5, 5.41) is 7.85. The number of benzene rings is 1. The molecule has 90 valence electrons. The van der Waals surface area contributed by atoms with Crippen molar-refractivity contribution in [2.75, 3.05) is 0 Å². The molecule has 3 heteroatoms. The summed E-state index contributed by atoms with van der Waals surface area (Å²) in [6, 6.07) is 9.08. The average Bonchev–Trinajstić information content (AvgIpc) is 2.84. The van der Waals surface area contributed by atoms with Gasteiger partial charge >= 0.3 is 0 Å². The van der Waals surface area contributed by atoms with E-state index in [1.165, 1.54) is 21.2 Å². The number of rotatable bonds is 4. The van der Waals surface area contributed by atoms with Gasteiger partial charge in [-0.25, -0.2) is 0 Å². The zero-order valence-corrected chi connectivity index (χ0v) is 12.4. The monoisotopic (exact) mass is 309 g/mol. The second-order valence-electron chi connectivity index (χ2n) is 4.24. The molecule has 0 aliphatic rings. The van der Waals surface area contributed by atoms with Crippen molar-refractivity contribution in [2.24, 2.45) is 0 Å². The zero-order chi connectivity index (χ0) is 12.3. The van der Waals surface area contributed by atoms with Gasteiger partial charge in [-0.1, -0.05) is 28.1 Å². The molecule has 17 heavy (non-hydrogen) atoms. The van der Waals surface area contributed by atoms with E-state index in [4.69, 9.17) is 0 Å². The van der Waals surface area contributed by atoms with Crippen molar-refractivity contribution in [2.45, 2.75) is 26.4 Å². The van der Waals surface area contributed by atoms with Gasteiger partial charge < -0.3 is 5.32 Å². The molecule has 1 atom stereocenters. The minimum absolute atomic E-state index is 0.404. The van der Waals surface area contributed by atoms with Crippen LogP contribution in [0.5, 0.6) is 0 Å². The lowest BCUT2D eigenvalue weighted by Crippen LogP contribution is -2.17. The molecule has 0 spiro atoms. The first-order valence-corrected chi connectivity index (χ1v) is 7.41. The highest BCUT2D eigenvalue weighted by molar-refractivity contribution is 9.10. The third-order valence-electron chi connectivity index (χ3n) is 2.89. The van der Waals surface area contributed by atoms with Gasteiger partial charge in [0, 0.05) is 17.1 Å². The quantitative estimate of drug-likeness (QED) is 0.865. The predicted molar refractivity (Wildman–Crippen MR) is 78.5 cm³/mol. The van der Waals surface area contributed by atoms with E-state index in [0.717, 1.165) is 6.54 Å². The van der Waals surface area contributed by atoms with Gasteiger partial charge in [0.1, 0.15) is 0 Å². The molecule has 2 aromatic rings. The number of nitrogens with one attached hydrogen (secondary N) is 1. The number of thiophene rings is 1. The molecule has 1 nitrogen and oxygen atoms in total. The van der Waals surface area contributed by atoms with Gasteiger partial charge in [0.15, 0.2) is 0 Å². The van der Waals surface area contributed by atoms with Crippen LogP contribution in [0, 0.1) is 6.92 Å². The maximum atomic E-state index is 3.57. The Morgan fingerprint density at radius 3 is 2.82 bits per heavy atom. The van der Waals surface area contributed by atoms with E-state index in [-0.39, 0.29) is 0 Å². The summed E-state index contributed by atoms with van der Waals surface area (Å²) in [6.45, 7) is 5.20. The normalized spacial score (nSPS) is 12.6. The van der Waals surface area contributed by atoms with Crippen LogP contribution in [0.1, 0.15) is 29.7 Å². The number of hydrogen-bond acceptors (Lipinski definition) is 2. The first-order chi connectivity index (χ1) is 8.16. The fourth-order valence-corrected chi connectivity index (χ4v) is 2.84. The van der Waals surface area contributed by atoms with Crippen molar-refractivity contribution in [3.63, 3.8) is 0 Å². The highest BCUT2D eigenvalue weighted by Crippen LogP contribution is 2.19. The molecule has 0 saturated carbocycles. The molecule has 0 aliphatic carbocycles. The molecule has 0 saturated heterocycles. The van der Waals surface area contributed by atoms with Crippen LogP contribution < -0.4 is 5.32 Å². The van der Waals surface area contributed by atoms with Crippen molar-refractivity contribution in [3.8, 4) is 0 Å². The van der Waals surface area contributed by atoms with E-state index in [2.05, 4.69) is 70.1 Å². The van der Waals surface area contributed by atoms with E-state index in [1.54, 1.807) is 11.3 Å². The summed E-state index contributed by atoms with van der Waals surface area (Å²) in [5.41, 5.74) is 3.95. The lowest BCUT2D eigenvalue weighted by Gasteiger charge is -2.13. The number of hydrogen-bond donors (Lipinski definition) is 1. The molecular formula is C14H16BrNS. The van der Waals surface area contributed by atoms with Crippen molar-refractivity contribution in [1.82, 2.24) is 5.32 Å². The smallest absolute Gasteiger partial charge is 0.0303 e. The molecule has 1 heterocycles. The summed E-state index contributed by atoms with van der Waals surface area (Å²) in [5.74, 6) is 0. The van der Waals surface area contributed by atoms with Crippen LogP contribution in [0.3, 0.4) is 0 Å². The van der Waals surface area contributed by atoms with Crippen molar-refractivity contribution >= 4 is 27.3 Å². The first-order valence-electron chi connectivity index (χ1n) is 5.67. The lowest BCUT2D eigenvalue weighted by atomic mass is 10.1. The van der Waals surface area contributed by atoms with Gasteiger partial charge in [0.2, 0.25) is 0 Å². The van der Waals surface area contributed by atoms with Gasteiger partial charge in [0.05, 0.1) is 0 Å². The second kappa shape index (κ2) is 5.80. The van der Waals surface area contributed by atoms with E-state index >= 15 is 0 Å². The lowest BCUT2D eigenvalue weighted by molar-refractivity contribution is 0.576. The number of halogens is 1. The van der Waals surface area contributed by atoms with E-state index in [1.807, 2.05) is 0 Å². The summed E-state index contributed by atoms with van der Waals surface area (Å²) < 4.78 is 1.18.